The average Bonchev–Trinajstić information content (AvgIpc) is 2.86. The van der Waals surface area contributed by atoms with Gasteiger partial charge in [-0.1, -0.05) is 5.16 Å². The Balaban J connectivity index is 1.71. The van der Waals surface area contributed by atoms with Gasteiger partial charge in [0.15, 0.2) is 11.4 Å². The molecule has 7 heteroatoms. The quantitative estimate of drug-likeness (QED) is 0.860. The average molecular weight is 335 g/mol. The van der Waals surface area contributed by atoms with Crippen LogP contribution in [0.25, 0.3) is 11.0 Å². The molecule has 0 spiro atoms. The minimum Gasteiger partial charge on any atom is -0.444 e. The number of rotatable bonds is 1. The maximum absolute atomic E-state index is 14.4. The predicted molar refractivity (Wildman–Crippen MR) is 88.2 cm³/mol. The first-order chi connectivity index (χ1) is 11.2. The lowest BCUT2D eigenvalue weighted by atomic mass is 9.89. The third kappa shape index (κ3) is 3.29. The first kappa shape index (κ1) is 16.5. The maximum Gasteiger partial charge on any atom is 0.410 e. The van der Waals surface area contributed by atoms with E-state index in [1.807, 2.05) is 20.8 Å². The van der Waals surface area contributed by atoms with Crippen molar-refractivity contribution in [2.24, 2.45) is 0 Å². The molecule has 1 fully saturated rings. The number of fused-ring (bicyclic) bond motifs is 1. The van der Waals surface area contributed by atoms with Crippen molar-refractivity contribution in [1.82, 2.24) is 10.1 Å². The topological polar surface area (TPSA) is 81.6 Å². The number of nitrogens with zero attached hydrogens (tertiary/aromatic N) is 2. The summed E-state index contributed by atoms with van der Waals surface area (Å²) in [7, 11) is 0. The van der Waals surface area contributed by atoms with Crippen LogP contribution < -0.4 is 5.73 Å². The van der Waals surface area contributed by atoms with Gasteiger partial charge in [-0.3, -0.25) is 0 Å². The highest BCUT2D eigenvalue weighted by Gasteiger charge is 2.29. The van der Waals surface area contributed by atoms with Crippen LogP contribution in [0, 0.1) is 5.82 Å². The Hall–Kier alpha value is -2.31. The number of piperidine rings is 1. The van der Waals surface area contributed by atoms with Gasteiger partial charge in [-0.2, -0.15) is 0 Å². The summed E-state index contributed by atoms with van der Waals surface area (Å²) in [6, 6.07) is 3.04. The summed E-state index contributed by atoms with van der Waals surface area (Å²) in [5.74, 6) is -0.0947. The molecule has 1 aliphatic rings. The van der Waals surface area contributed by atoms with Gasteiger partial charge in [0.25, 0.3) is 0 Å². The second-order valence-electron chi connectivity index (χ2n) is 7.18. The second kappa shape index (κ2) is 5.96. The van der Waals surface area contributed by atoms with Crippen LogP contribution in [0.4, 0.5) is 15.0 Å². The molecule has 6 nitrogen and oxygen atoms in total. The number of hydrogen-bond donors (Lipinski definition) is 1. The lowest BCUT2D eigenvalue weighted by Crippen LogP contribution is -2.41. The van der Waals surface area contributed by atoms with Gasteiger partial charge in [0, 0.05) is 13.1 Å². The summed E-state index contributed by atoms with van der Waals surface area (Å²) >= 11 is 0. The van der Waals surface area contributed by atoms with Gasteiger partial charge in [-0.25, -0.2) is 9.18 Å². The van der Waals surface area contributed by atoms with Gasteiger partial charge in [-0.15, -0.1) is 0 Å². The van der Waals surface area contributed by atoms with E-state index < -0.39 is 5.60 Å². The fraction of sp³-hybridized carbons (Fsp3) is 0.529. The van der Waals surface area contributed by atoms with Crippen LogP contribution >= 0.6 is 0 Å². The fourth-order valence-electron chi connectivity index (χ4n) is 3.00. The second-order valence-corrected chi connectivity index (χ2v) is 7.18. The molecule has 3 rings (SSSR count). The molecular weight excluding hydrogens is 313 g/mol. The van der Waals surface area contributed by atoms with Crippen molar-refractivity contribution in [3.05, 3.63) is 23.5 Å². The Kier molecular flexibility index (Phi) is 4.11. The number of nitrogen functional groups attached to an aromatic ring is 1. The van der Waals surface area contributed by atoms with Gasteiger partial charge in [0.1, 0.15) is 11.4 Å². The minimum atomic E-state index is -0.517. The van der Waals surface area contributed by atoms with Gasteiger partial charge in [0.05, 0.1) is 5.39 Å². The van der Waals surface area contributed by atoms with E-state index in [0.717, 1.165) is 0 Å². The zero-order valence-corrected chi connectivity index (χ0v) is 14.1. The number of amides is 1. The normalized spacial score (nSPS) is 16.6. The Morgan fingerprint density at radius 3 is 2.67 bits per heavy atom. The summed E-state index contributed by atoms with van der Waals surface area (Å²) in [4.78, 5) is 13.8. The molecule has 1 amide bonds. The fourth-order valence-corrected chi connectivity index (χ4v) is 3.00. The molecule has 1 saturated heterocycles. The van der Waals surface area contributed by atoms with Crippen LogP contribution in [0.5, 0.6) is 0 Å². The lowest BCUT2D eigenvalue weighted by Gasteiger charge is -2.33. The predicted octanol–water partition coefficient (Wildman–Crippen LogP) is 3.66. The molecule has 0 atom stereocenters. The van der Waals surface area contributed by atoms with Crippen molar-refractivity contribution in [2.75, 3.05) is 18.8 Å². The van der Waals surface area contributed by atoms with Crippen LogP contribution in [0.2, 0.25) is 0 Å². The Bertz CT molecular complexity index is 758. The first-order valence-electron chi connectivity index (χ1n) is 8.07. The van der Waals surface area contributed by atoms with E-state index in [0.29, 0.717) is 42.5 Å². The first-order valence-corrected chi connectivity index (χ1v) is 8.07. The van der Waals surface area contributed by atoms with Gasteiger partial charge >= 0.3 is 6.09 Å². The van der Waals surface area contributed by atoms with Crippen molar-refractivity contribution in [3.8, 4) is 0 Å². The molecule has 1 aromatic heterocycles. The van der Waals surface area contributed by atoms with E-state index in [1.54, 1.807) is 11.0 Å². The molecule has 0 unspecified atom stereocenters. The number of carbonyl (C=O) groups is 1. The monoisotopic (exact) mass is 335 g/mol. The number of anilines is 1. The van der Waals surface area contributed by atoms with Crippen LogP contribution in [-0.2, 0) is 4.74 Å². The molecule has 130 valence electrons. The van der Waals surface area contributed by atoms with Crippen molar-refractivity contribution in [2.45, 2.75) is 45.1 Å². The molecule has 0 bridgehead atoms. The molecule has 2 heterocycles. The molecule has 1 aromatic carbocycles. The number of carbonyl (C=O) groups excluding carboxylic acids is 1. The number of hydrogen-bond acceptors (Lipinski definition) is 5. The zero-order chi connectivity index (χ0) is 17.5. The van der Waals surface area contributed by atoms with E-state index in [2.05, 4.69) is 5.16 Å². The number of halogens is 1. The number of ether oxygens (including phenoxy) is 1. The standard InChI is InChI=1S/C17H22FN3O3/c1-17(2,3)23-16(22)21-6-4-10(5-7-21)11-9-14-12(8-13(11)18)15(19)20-24-14/h8-10H,4-7H2,1-3H3,(H2,19,20). The molecule has 0 radical (unpaired) electrons. The lowest BCUT2D eigenvalue weighted by molar-refractivity contribution is 0.0204. The van der Waals surface area contributed by atoms with E-state index in [1.165, 1.54) is 6.07 Å². The van der Waals surface area contributed by atoms with Crippen LogP contribution in [-0.4, -0.2) is 34.8 Å². The number of likely N-dealkylation sites (tertiary alicyclic amines) is 1. The summed E-state index contributed by atoms with van der Waals surface area (Å²) in [5, 5.41) is 4.15. The van der Waals surface area contributed by atoms with E-state index in [-0.39, 0.29) is 23.6 Å². The van der Waals surface area contributed by atoms with Crippen LogP contribution in [0.1, 0.15) is 45.1 Å². The summed E-state index contributed by atoms with van der Waals surface area (Å²) < 4.78 is 24.9. The molecule has 1 aliphatic heterocycles. The molecular formula is C17H22FN3O3. The molecule has 2 aromatic rings. The van der Waals surface area contributed by atoms with Crippen molar-refractivity contribution in [1.29, 1.82) is 0 Å². The third-order valence-corrected chi connectivity index (χ3v) is 4.20. The largest absolute Gasteiger partial charge is 0.444 e. The molecule has 24 heavy (non-hydrogen) atoms. The van der Waals surface area contributed by atoms with Crippen molar-refractivity contribution < 1.29 is 18.4 Å². The van der Waals surface area contributed by atoms with Crippen LogP contribution in [0.15, 0.2) is 16.7 Å². The summed E-state index contributed by atoms with van der Waals surface area (Å²) in [5.41, 5.74) is 6.20. The van der Waals surface area contributed by atoms with Crippen molar-refractivity contribution in [3.63, 3.8) is 0 Å². The highest BCUT2D eigenvalue weighted by atomic mass is 19.1. The molecule has 0 saturated carbocycles. The maximum atomic E-state index is 14.4. The summed E-state index contributed by atoms with van der Waals surface area (Å²) in [6.07, 6.45) is 1.02. The summed E-state index contributed by atoms with van der Waals surface area (Å²) in [6.45, 7) is 6.59. The highest BCUT2D eigenvalue weighted by molar-refractivity contribution is 5.87. The van der Waals surface area contributed by atoms with Gasteiger partial charge < -0.3 is 19.9 Å². The number of benzene rings is 1. The Labute approximate surface area is 139 Å². The minimum absolute atomic E-state index is 0.0272. The SMILES string of the molecule is CC(C)(C)OC(=O)N1CCC(c2cc3onc(N)c3cc2F)CC1. The number of aromatic nitrogens is 1. The highest BCUT2D eigenvalue weighted by Crippen LogP contribution is 2.34. The zero-order valence-electron chi connectivity index (χ0n) is 14.1. The van der Waals surface area contributed by atoms with E-state index >= 15 is 0 Å². The Morgan fingerprint density at radius 1 is 1.38 bits per heavy atom. The molecule has 2 N–H and O–H groups in total. The van der Waals surface area contributed by atoms with E-state index in [4.69, 9.17) is 15.0 Å². The van der Waals surface area contributed by atoms with Crippen LogP contribution in [0.3, 0.4) is 0 Å². The molecule has 0 aliphatic carbocycles. The van der Waals surface area contributed by atoms with Gasteiger partial charge in [-0.05, 0) is 57.2 Å². The third-order valence-electron chi connectivity index (χ3n) is 4.20. The van der Waals surface area contributed by atoms with Gasteiger partial charge in [0.2, 0.25) is 0 Å². The van der Waals surface area contributed by atoms with Crippen molar-refractivity contribution >= 4 is 22.9 Å². The Morgan fingerprint density at radius 2 is 2.04 bits per heavy atom. The number of nitrogens with two attached hydrogens (primary N) is 1. The van der Waals surface area contributed by atoms with E-state index in [9.17, 15) is 9.18 Å². The smallest absolute Gasteiger partial charge is 0.410 e.